The van der Waals surface area contributed by atoms with E-state index in [1.807, 2.05) is 17.9 Å². The van der Waals surface area contributed by atoms with Gasteiger partial charge >= 0.3 is 0 Å². The van der Waals surface area contributed by atoms with Crippen LogP contribution in [-0.4, -0.2) is 39.4 Å². The fourth-order valence-corrected chi connectivity index (χ4v) is 3.05. The Morgan fingerprint density at radius 3 is 2.74 bits per heavy atom. The zero-order chi connectivity index (χ0) is 13.9. The van der Waals surface area contributed by atoms with Crippen molar-refractivity contribution in [2.45, 2.75) is 58.2 Å². The van der Waals surface area contributed by atoms with Crippen LogP contribution in [0.3, 0.4) is 0 Å². The van der Waals surface area contributed by atoms with Gasteiger partial charge in [0.2, 0.25) is 0 Å². The van der Waals surface area contributed by atoms with Crippen LogP contribution in [0.1, 0.15) is 45.6 Å². The molecule has 2 heterocycles. The SMILES string of the molecule is CCC1(CC)CN(Cc2cnn(C)c2)C(C)CCN1. The van der Waals surface area contributed by atoms with E-state index in [4.69, 9.17) is 0 Å². The molecule has 2 rings (SSSR count). The average molecular weight is 264 g/mol. The minimum atomic E-state index is 0.285. The molecule has 0 amide bonds. The highest BCUT2D eigenvalue weighted by Crippen LogP contribution is 2.23. The highest BCUT2D eigenvalue weighted by molar-refractivity contribution is 5.05. The summed E-state index contributed by atoms with van der Waals surface area (Å²) in [5, 5.41) is 8.06. The summed E-state index contributed by atoms with van der Waals surface area (Å²) in [5.74, 6) is 0. The highest BCUT2D eigenvalue weighted by atomic mass is 15.3. The number of nitrogens with zero attached hydrogens (tertiary/aromatic N) is 3. The van der Waals surface area contributed by atoms with E-state index in [9.17, 15) is 0 Å². The predicted molar refractivity (Wildman–Crippen MR) is 79.0 cm³/mol. The first-order valence-electron chi connectivity index (χ1n) is 7.55. The molecule has 1 unspecified atom stereocenters. The van der Waals surface area contributed by atoms with Gasteiger partial charge in [-0.25, -0.2) is 0 Å². The minimum Gasteiger partial charge on any atom is -0.310 e. The second-order valence-electron chi connectivity index (χ2n) is 5.98. The smallest absolute Gasteiger partial charge is 0.0534 e. The van der Waals surface area contributed by atoms with Crippen molar-refractivity contribution in [1.29, 1.82) is 0 Å². The Balaban J connectivity index is 2.11. The Labute approximate surface area is 117 Å². The number of hydrogen-bond acceptors (Lipinski definition) is 3. The average Bonchev–Trinajstić information content (AvgIpc) is 2.74. The van der Waals surface area contributed by atoms with Gasteiger partial charge in [-0.05, 0) is 32.7 Å². The zero-order valence-electron chi connectivity index (χ0n) is 12.8. The first kappa shape index (κ1) is 14.5. The maximum Gasteiger partial charge on any atom is 0.0534 e. The lowest BCUT2D eigenvalue weighted by Crippen LogP contribution is -2.51. The Morgan fingerprint density at radius 1 is 1.42 bits per heavy atom. The summed E-state index contributed by atoms with van der Waals surface area (Å²) >= 11 is 0. The number of aromatic nitrogens is 2. The molecule has 19 heavy (non-hydrogen) atoms. The van der Waals surface area contributed by atoms with Crippen LogP contribution in [0.2, 0.25) is 0 Å². The van der Waals surface area contributed by atoms with Gasteiger partial charge in [0.05, 0.1) is 6.20 Å². The van der Waals surface area contributed by atoms with E-state index in [-0.39, 0.29) is 5.54 Å². The Hall–Kier alpha value is -0.870. The van der Waals surface area contributed by atoms with Crippen LogP contribution in [0.5, 0.6) is 0 Å². The molecule has 1 aromatic rings. The van der Waals surface area contributed by atoms with E-state index < -0.39 is 0 Å². The first-order chi connectivity index (χ1) is 9.08. The second-order valence-corrected chi connectivity index (χ2v) is 5.98. The van der Waals surface area contributed by atoms with Crippen molar-refractivity contribution in [3.63, 3.8) is 0 Å². The van der Waals surface area contributed by atoms with E-state index in [1.165, 1.54) is 24.8 Å². The summed E-state index contributed by atoms with van der Waals surface area (Å²) in [6, 6.07) is 0.632. The molecule has 0 bridgehead atoms. The summed E-state index contributed by atoms with van der Waals surface area (Å²) in [6.45, 7) is 10.2. The molecule has 1 aromatic heterocycles. The topological polar surface area (TPSA) is 33.1 Å². The maximum atomic E-state index is 4.28. The van der Waals surface area contributed by atoms with Crippen LogP contribution in [0.25, 0.3) is 0 Å². The lowest BCUT2D eigenvalue weighted by Gasteiger charge is -2.37. The first-order valence-corrected chi connectivity index (χ1v) is 7.55. The zero-order valence-corrected chi connectivity index (χ0v) is 12.8. The van der Waals surface area contributed by atoms with E-state index in [2.05, 4.69) is 42.3 Å². The molecule has 0 aliphatic carbocycles. The van der Waals surface area contributed by atoms with Gasteiger partial charge < -0.3 is 5.32 Å². The molecule has 0 aromatic carbocycles. The van der Waals surface area contributed by atoms with Crippen LogP contribution in [0.4, 0.5) is 0 Å². The molecular weight excluding hydrogens is 236 g/mol. The molecule has 0 radical (unpaired) electrons. The largest absolute Gasteiger partial charge is 0.310 e. The summed E-state index contributed by atoms with van der Waals surface area (Å²) in [7, 11) is 1.99. The van der Waals surface area contributed by atoms with Crippen molar-refractivity contribution in [1.82, 2.24) is 20.0 Å². The molecule has 108 valence electrons. The molecule has 1 aliphatic rings. The van der Waals surface area contributed by atoms with Crippen molar-refractivity contribution >= 4 is 0 Å². The van der Waals surface area contributed by atoms with Crippen LogP contribution in [-0.2, 0) is 13.6 Å². The molecule has 0 saturated carbocycles. The fraction of sp³-hybridized carbons (Fsp3) is 0.800. The van der Waals surface area contributed by atoms with Gasteiger partial charge in [-0.1, -0.05) is 13.8 Å². The van der Waals surface area contributed by atoms with E-state index in [0.29, 0.717) is 6.04 Å². The monoisotopic (exact) mass is 264 g/mol. The fourth-order valence-electron chi connectivity index (χ4n) is 3.05. The number of nitrogens with one attached hydrogen (secondary N) is 1. The molecule has 1 atom stereocenters. The molecular formula is C15H28N4. The van der Waals surface area contributed by atoms with Crippen molar-refractivity contribution < 1.29 is 0 Å². The molecule has 1 fully saturated rings. The van der Waals surface area contributed by atoms with Crippen molar-refractivity contribution in [2.75, 3.05) is 13.1 Å². The van der Waals surface area contributed by atoms with Gasteiger partial charge in [0, 0.05) is 43.5 Å². The van der Waals surface area contributed by atoms with Crippen molar-refractivity contribution in [3.05, 3.63) is 18.0 Å². The third-order valence-corrected chi connectivity index (χ3v) is 4.69. The summed E-state index contributed by atoms with van der Waals surface area (Å²) in [4.78, 5) is 2.62. The number of rotatable bonds is 4. The van der Waals surface area contributed by atoms with Gasteiger partial charge in [0.1, 0.15) is 0 Å². The van der Waals surface area contributed by atoms with Gasteiger partial charge in [0.25, 0.3) is 0 Å². The Kier molecular flexibility index (Phi) is 4.63. The quantitative estimate of drug-likeness (QED) is 0.904. The van der Waals surface area contributed by atoms with E-state index in [0.717, 1.165) is 19.6 Å². The second kappa shape index (κ2) is 6.06. The summed E-state index contributed by atoms with van der Waals surface area (Å²) in [6.07, 6.45) is 7.73. The molecule has 4 nitrogen and oxygen atoms in total. The summed E-state index contributed by atoms with van der Waals surface area (Å²) < 4.78 is 1.89. The Bertz CT molecular complexity index is 395. The third-order valence-electron chi connectivity index (χ3n) is 4.69. The van der Waals surface area contributed by atoms with Gasteiger partial charge in [-0.2, -0.15) is 5.10 Å². The lowest BCUT2D eigenvalue weighted by molar-refractivity contribution is 0.152. The van der Waals surface area contributed by atoms with Gasteiger partial charge in [0.15, 0.2) is 0 Å². The summed E-state index contributed by atoms with van der Waals surface area (Å²) in [5.41, 5.74) is 1.60. The number of hydrogen-bond donors (Lipinski definition) is 1. The molecule has 1 saturated heterocycles. The lowest BCUT2D eigenvalue weighted by atomic mass is 9.92. The minimum absolute atomic E-state index is 0.285. The standard InChI is InChI=1S/C15H28N4/c1-5-15(6-2)12-19(13(3)7-8-16-15)11-14-9-17-18(4)10-14/h9-10,13,16H,5-8,11-12H2,1-4H3. The van der Waals surface area contributed by atoms with Gasteiger partial charge in [-0.15, -0.1) is 0 Å². The third kappa shape index (κ3) is 3.37. The van der Waals surface area contributed by atoms with Crippen LogP contribution >= 0.6 is 0 Å². The maximum absolute atomic E-state index is 4.28. The highest BCUT2D eigenvalue weighted by Gasteiger charge is 2.32. The van der Waals surface area contributed by atoms with Crippen LogP contribution < -0.4 is 5.32 Å². The normalized spacial score (nSPS) is 24.3. The van der Waals surface area contributed by atoms with E-state index >= 15 is 0 Å². The molecule has 1 aliphatic heterocycles. The van der Waals surface area contributed by atoms with Gasteiger partial charge in [-0.3, -0.25) is 9.58 Å². The Morgan fingerprint density at radius 2 is 2.16 bits per heavy atom. The molecule has 0 spiro atoms. The number of aryl methyl sites for hydroxylation is 1. The molecule has 4 heteroatoms. The van der Waals surface area contributed by atoms with Crippen LogP contribution in [0, 0.1) is 0 Å². The van der Waals surface area contributed by atoms with Crippen molar-refractivity contribution in [3.8, 4) is 0 Å². The molecule has 1 N–H and O–H groups in total. The van der Waals surface area contributed by atoms with Crippen molar-refractivity contribution in [2.24, 2.45) is 7.05 Å². The predicted octanol–water partition coefficient (Wildman–Crippen LogP) is 2.16. The van der Waals surface area contributed by atoms with Crippen LogP contribution in [0.15, 0.2) is 12.4 Å². The van der Waals surface area contributed by atoms with E-state index in [1.54, 1.807) is 0 Å².